The zero-order valence-corrected chi connectivity index (χ0v) is 7.59. The summed E-state index contributed by atoms with van der Waals surface area (Å²) in [5.41, 5.74) is 0. The average Bonchev–Trinajstić information content (AvgIpc) is 1.87. The van der Waals surface area contributed by atoms with E-state index in [2.05, 4.69) is 0 Å². The molecule has 64 valence electrons. The third-order valence-corrected chi connectivity index (χ3v) is 1.45. The van der Waals surface area contributed by atoms with Gasteiger partial charge in [-0.25, -0.2) is 0 Å². The maximum Gasteiger partial charge on any atom is 0.161 e. The van der Waals surface area contributed by atoms with Crippen molar-refractivity contribution in [1.29, 1.82) is 0 Å². The summed E-state index contributed by atoms with van der Waals surface area (Å²) >= 11 is 0. The van der Waals surface area contributed by atoms with Crippen molar-refractivity contribution in [1.82, 2.24) is 0 Å². The van der Waals surface area contributed by atoms with Crippen molar-refractivity contribution in [3.63, 3.8) is 0 Å². The molecule has 0 fully saturated rings. The van der Waals surface area contributed by atoms with Crippen LogP contribution in [0.15, 0.2) is 11.8 Å². The minimum Gasteiger partial charge on any atom is -0.512 e. The van der Waals surface area contributed by atoms with Gasteiger partial charge in [-0.1, -0.05) is 27.7 Å². The summed E-state index contributed by atoms with van der Waals surface area (Å²) in [5.74, 6) is 0.161. The molecule has 2 heteroatoms. The summed E-state index contributed by atoms with van der Waals surface area (Å²) in [6.07, 6.45) is 1.31. The van der Waals surface area contributed by atoms with Gasteiger partial charge in [0, 0.05) is 17.9 Å². The predicted molar refractivity (Wildman–Crippen MR) is 45.4 cm³/mol. The van der Waals surface area contributed by atoms with E-state index in [0.717, 1.165) is 0 Å². The first-order valence-electron chi connectivity index (χ1n) is 3.89. The number of ketones is 1. The minimum absolute atomic E-state index is 0.0174. The van der Waals surface area contributed by atoms with Crippen LogP contribution < -0.4 is 0 Å². The fourth-order valence-electron chi connectivity index (χ4n) is 0.479. The van der Waals surface area contributed by atoms with E-state index >= 15 is 0 Å². The molecule has 0 aliphatic carbocycles. The second-order valence-electron chi connectivity index (χ2n) is 3.28. The van der Waals surface area contributed by atoms with E-state index in [1.54, 1.807) is 0 Å². The minimum atomic E-state index is -0.0316. The lowest BCUT2D eigenvalue weighted by Gasteiger charge is -2.03. The molecule has 1 N–H and O–H groups in total. The van der Waals surface area contributed by atoms with Crippen molar-refractivity contribution in [2.24, 2.45) is 11.8 Å². The lowest BCUT2D eigenvalue weighted by Crippen LogP contribution is -2.05. The molecule has 0 rings (SSSR count). The summed E-state index contributed by atoms with van der Waals surface area (Å²) in [6, 6.07) is 0. The van der Waals surface area contributed by atoms with Crippen molar-refractivity contribution in [3.05, 3.63) is 11.8 Å². The predicted octanol–water partition coefficient (Wildman–Crippen LogP) is 2.31. The number of carbonyl (C=O) groups is 1. The van der Waals surface area contributed by atoms with Gasteiger partial charge in [-0.05, 0) is 0 Å². The monoisotopic (exact) mass is 156 g/mol. The number of hydrogen-bond donors (Lipinski definition) is 1. The molecule has 0 aliphatic heterocycles. The number of aliphatic hydroxyl groups excluding tert-OH is 1. The Morgan fingerprint density at radius 1 is 1.18 bits per heavy atom. The van der Waals surface area contributed by atoms with E-state index in [-0.39, 0.29) is 23.4 Å². The van der Waals surface area contributed by atoms with E-state index in [9.17, 15) is 9.90 Å². The Labute approximate surface area is 67.9 Å². The molecule has 0 saturated heterocycles. The van der Waals surface area contributed by atoms with Crippen molar-refractivity contribution in [2.45, 2.75) is 27.7 Å². The largest absolute Gasteiger partial charge is 0.512 e. The molecule has 0 atom stereocenters. The molecule has 0 amide bonds. The maximum atomic E-state index is 11.0. The highest BCUT2D eigenvalue weighted by molar-refractivity contribution is 5.91. The van der Waals surface area contributed by atoms with E-state index in [1.807, 2.05) is 27.7 Å². The van der Waals surface area contributed by atoms with E-state index < -0.39 is 0 Å². The molecule has 2 nitrogen and oxygen atoms in total. The van der Waals surface area contributed by atoms with Gasteiger partial charge in [-0.3, -0.25) is 4.79 Å². The molecule has 0 saturated carbocycles. The first-order chi connectivity index (χ1) is 4.95. The molecular formula is C9H16O2. The van der Waals surface area contributed by atoms with Crippen LogP contribution in [0, 0.1) is 11.8 Å². The van der Waals surface area contributed by atoms with Crippen molar-refractivity contribution >= 4 is 5.78 Å². The first-order valence-corrected chi connectivity index (χ1v) is 3.89. The van der Waals surface area contributed by atoms with Gasteiger partial charge in [-0.2, -0.15) is 0 Å². The molecule has 0 aromatic heterocycles. The van der Waals surface area contributed by atoms with Gasteiger partial charge in [0.2, 0.25) is 0 Å². The Morgan fingerprint density at radius 2 is 1.64 bits per heavy atom. The summed E-state index contributed by atoms with van der Waals surface area (Å²) < 4.78 is 0. The van der Waals surface area contributed by atoms with Gasteiger partial charge < -0.3 is 5.11 Å². The molecule has 0 aromatic rings. The fourth-order valence-corrected chi connectivity index (χ4v) is 0.479. The average molecular weight is 156 g/mol. The summed E-state index contributed by atoms with van der Waals surface area (Å²) in [6.45, 7) is 7.32. The van der Waals surface area contributed by atoms with Gasteiger partial charge in [0.25, 0.3) is 0 Å². The van der Waals surface area contributed by atoms with Crippen LogP contribution >= 0.6 is 0 Å². The standard InChI is InChI=1S/C9H16O2/c1-6(2)8(10)5-9(11)7(3)4/h5-7,10H,1-4H3/b8-5-. The summed E-state index contributed by atoms with van der Waals surface area (Å²) in [5, 5.41) is 9.19. The van der Waals surface area contributed by atoms with Crippen LogP contribution in [0.1, 0.15) is 27.7 Å². The Kier molecular flexibility index (Phi) is 3.86. The highest BCUT2D eigenvalue weighted by atomic mass is 16.3. The fraction of sp³-hybridized carbons (Fsp3) is 0.667. The van der Waals surface area contributed by atoms with Gasteiger partial charge in [-0.15, -0.1) is 0 Å². The molecule has 0 spiro atoms. The van der Waals surface area contributed by atoms with Crippen molar-refractivity contribution in [2.75, 3.05) is 0 Å². The molecule has 0 radical (unpaired) electrons. The summed E-state index contributed by atoms with van der Waals surface area (Å²) in [4.78, 5) is 11.0. The number of hydrogen-bond acceptors (Lipinski definition) is 2. The second-order valence-corrected chi connectivity index (χ2v) is 3.28. The van der Waals surface area contributed by atoms with Crippen LogP contribution in [0.4, 0.5) is 0 Å². The zero-order valence-electron chi connectivity index (χ0n) is 7.59. The number of allylic oxidation sites excluding steroid dienone is 2. The molecule has 11 heavy (non-hydrogen) atoms. The second kappa shape index (κ2) is 4.16. The third kappa shape index (κ3) is 3.81. The Balaban J connectivity index is 4.20. The Hall–Kier alpha value is -0.790. The molecule has 0 aromatic carbocycles. The van der Waals surface area contributed by atoms with Crippen LogP contribution in [-0.4, -0.2) is 10.9 Å². The number of carbonyl (C=O) groups excluding carboxylic acids is 1. The van der Waals surface area contributed by atoms with Crippen LogP contribution in [0.3, 0.4) is 0 Å². The van der Waals surface area contributed by atoms with E-state index in [1.165, 1.54) is 6.08 Å². The van der Waals surface area contributed by atoms with E-state index in [0.29, 0.717) is 0 Å². The quantitative estimate of drug-likeness (QED) is 0.503. The number of aliphatic hydroxyl groups is 1. The normalized spacial score (nSPS) is 12.7. The highest BCUT2D eigenvalue weighted by Crippen LogP contribution is 2.07. The topological polar surface area (TPSA) is 37.3 Å². The van der Waals surface area contributed by atoms with Crippen molar-refractivity contribution in [3.8, 4) is 0 Å². The molecule has 0 unspecified atom stereocenters. The SMILES string of the molecule is CC(C)C(=O)/C=C(\O)C(C)C. The Bertz CT molecular complexity index is 166. The molecule has 0 aliphatic rings. The van der Waals surface area contributed by atoms with Crippen LogP contribution in [0.25, 0.3) is 0 Å². The van der Waals surface area contributed by atoms with Crippen molar-refractivity contribution < 1.29 is 9.90 Å². The van der Waals surface area contributed by atoms with Gasteiger partial charge >= 0.3 is 0 Å². The lowest BCUT2D eigenvalue weighted by atomic mass is 10.1. The Morgan fingerprint density at radius 3 is 1.91 bits per heavy atom. The van der Waals surface area contributed by atoms with Crippen LogP contribution in [-0.2, 0) is 4.79 Å². The third-order valence-electron chi connectivity index (χ3n) is 1.45. The zero-order chi connectivity index (χ0) is 9.02. The van der Waals surface area contributed by atoms with Crippen LogP contribution in [0.2, 0.25) is 0 Å². The van der Waals surface area contributed by atoms with Gasteiger partial charge in [0.15, 0.2) is 5.78 Å². The van der Waals surface area contributed by atoms with E-state index in [4.69, 9.17) is 0 Å². The molecular weight excluding hydrogens is 140 g/mol. The first kappa shape index (κ1) is 10.2. The molecule has 0 heterocycles. The van der Waals surface area contributed by atoms with Crippen LogP contribution in [0.5, 0.6) is 0 Å². The maximum absolute atomic E-state index is 11.0. The van der Waals surface area contributed by atoms with Gasteiger partial charge in [0.05, 0.1) is 5.76 Å². The number of rotatable bonds is 3. The molecule has 0 bridgehead atoms. The highest BCUT2D eigenvalue weighted by Gasteiger charge is 2.07. The lowest BCUT2D eigenvalue weighted by molar-refractivity contribution is -0.117. The van der Waals surface area contributed by atoms with Gasteiger partial charge in [0.1, 0.15) is 0 Å². The smallest absolute Gasteiger partial charge is 0.161 e. The summed E-state index contributed by atoms with van der Waals surface area (Å²) in [7, 11) is 0.